The number of aliphatic hydroxyl groups is 1. The number of aliphatic hydroxyl groups excluding tert-OH is 1. The van der Waals surface area contributed by atoms with Gasteiger partial charge < -0.3 is 5.11 Å². The van der Waals surface area contributed by atoms with E-state index in [9.17, 15) is 4.79 Å². The van der Waals surface area contributed by atoms with Crippen LogP contribution in [0.3, 0.4) is 0 Å². The molecule has 60 valence electrons. The molecule has 0 saturated heterocycles. The first-order valence-electron chi connectivity index (χ1n) is 3.89. The molecule has 0 rings (SSSR count). The number of hydrogen-bond acceptors (Lipinski definition) is 2. The van der Waals surface area contributed by atoms with Gasteiger partial charge in [0.2, 0.25) is 0 Å². The molecule has 10 heavy (non-hydrogen) atoms. The van der Waals surface area contributed by atoms with Crippen molar-refractivity contribution >= 4 is 5.78 Å². The molecule has 0 radical (unpaired) electrons. The van der Waals surface area contributed by atoms with Gasteiger partial charge in [-0.2, -0.15) is 0 Å². The van der Waals surface area contributed by atoms with E-state index in [1.807, 2.05) is 0 Å². The predicted molar refractivity (Wildman–Crippen MR) is 40.8 cm³/mol. The van der Waals surface area contributed by atoms with Crippen molar-refractivity contribution in [1.29, 1.82) is 0 Å². The Balaban J connectivity index is 3.22. The van der Waals surface area contributed by atoms with E-state index in [0.29, 0.717) is 6.42 Å². The van der Waals surface area contributed by atoms with E-state index in [1.165, 1.54) is 6.92 Å². The summed E-state index contributed by atoms with van der Waals surface area (Å²) in [7, 11) is 0. The van der Waals surface area contributed by atoms with Gasteiger partial charge in [-0.3, -0.25) is 4.79 Å². The maximum absolute atomic E-state index is 10.8. The number of unbranched alkanes of at least 4 members (excludes halogenated alkanes) is 2. The Morgan fingerprint density at radius 3 is 2.50 bits per heavy atom. The Morgan fingerprint density at radius 1 is 1.50 bits per heavy atom. The minimum absolute atomic E-state index is 0.0338. The smallest absolute Gasteiger partial charge is 0.160 e. The van der Waals surface area contributed by atoms with Gasteiger partial charge in [0.25, 0.3) is 0 Å². The highest BCUT2D eigenvalue weighted by Gasteiger charge is 2.06. The van der Waals surface area contributed by atoms with Crippen molar-refractivity contribution in [1.82, 2.24) is 0 Å². The summed E-state index contributed by atoms with van der Waals surface area (Å²) in [5.74, 6) is -0.0338. The summed E-state index contributed by atoms with van der Waals surface area (Å²) in [4.78, 5) is 10.8. The molecule has 0 saturated carbocycles. The second kappa shape index (κ2) is 5.42. The van der Waals surface area contributed by atoms with Crippen LogP contribution in [0.2, 0.25) is 0 Å². The Kier molecular flexibility index (Phi) is 5.22. The molecule has 2 heteroatoms. The van der Waals surface area contributed by atoms with Gasteiger partial charge in [0.15, 0.2) is 5.78 Å². The number of carbonyl (C=O) groups is 1. The third-order valence-corrected chi connectivity index (χ3v) is 1.49. The lowest BCUT2D eigenvalue weighted by atomic mass is 10.1. The summed E-state index contributed by atoms with van der Waals surface area (Å²) < 4.78 is 0. The first-order chi connectivity index (χ1) is 4.68. The average molecular weight is 144 g/mol. The van der Waals surface area contributed by atoms with Crippen LogP contribution in [0.25, 0.3) is 0 Å². The van der Waals surface area contributed by atoms with Crippen molar-refractivity contribution in [3.05, 3.63) is 0 Å². The summed E-state index contributed by atoms with van der Waals surface area (Å²) >= 11 is 0. The van der Waals surface area contributed by atoms with Crippen molar-refractivity contribution in [3.63, 3.8) is 0 Å². The SMILES string of the molecule is CCCCCC(=O)[C@@H](C)O. The maximum atomic E-state index is 10.8. The zero-order valence-corrected chi connectivity index (χ0v) is 6.76. The van der Waals surface area contributed by atoms with Crippen molar-refractivity contribution < 1.29 is 9.90 Å². The third-order valence-electron chi connectivity index (χ3n) is 1.49. The van der Waals surface area contributed by atoms with Gasteiger partial charge in [-0.05, 0) is 13.3 Å². The number of carbonyl (C=O) groups excluding carboxylic acids is 1. The molecule has 0 aromatic carbocycles. The normalized spacial score (nSPS) is 13.1. The van der Waals surface area contributed by atoms with Crippen LogP contribution in [-0.4, -0.2) is 17.0 Å². The average Bonchev–Trinajstić information content (AvgIpc) is 1.88. The summed E-state index contributed by atoms with van der Waals surface area (Å²) in [5, 5.41) is 8.77. The fraction of sp³-hybridized carbons (Fsp3) is 0.875. The minimum Gasteiger partial charge on any atom is -0.386 e. The lowest BCUT2D eigenvalue weighted by Crippen LogP contribution is -2.15. The van der Waals surface area contributed by atoms with E-state index in [0.717, 1.165) is 19.3 Å². The number of ketones is 1. The Bertz CT molecular complexity index is 97.4. The monoisotopic (exact) mass is 144 g/mol. The predicted octanol–water partition coefficient (Wildman–Crippen LogP) is 1.52. The highest BCUT2D eigenvalue weighted by atomic mass is 16.3. The molecule has 0 fully saturated rings. The van der Waals surface area contributed by atoms with Gasteiger partial charge in [0.1, 0.15) is 6.10 Å². The molecule has 0 aliphatic rings. The van der Waals surface area contributed by atoms with Crippen molar-refractivity contribution in [2.24, 2.45) is 0 Å². The molecule has 0 aliphatic heterocycles. The molecule has 0 aromatic heterocycles. The van der Waals surface area contributed by atoms with Gasteiger partial charge in [-0.15, -0.1) is 0 Å². The number of Topliss-reactive ketones (excluding diaryl/α,β-unsaturated/α-hetero) is 1. The Hall–Kier alpha value is -0.370. The van der Waals surface area contributed by atoms with Crippen LogP contribution in [0.4, 0.5) is 0 Å². The van der Waals surface area contributed by atoms with E-state index in [1.54, 1.807) is 0 Å². The molecule has 1 atom stereocenters. The third kappa shape index (κ3) is 4.50. The van der Waals surface area contributed by atoms with Crippen molar-refractivity contribution in [2.75, 3.05) is 0 Å². The van der Waals surface area contributed by atoms with E-state index in [-0.39, 0.29) is 5.78 Å². The van der Waals surface area contributed by atoms with Gasteiger partial charge in [-0.25, -0.2) is 0 Å². The van der Waals surface area contributed by atoms with Crippen LogP contribution in [-0.2, 0) is 4.79 Å². The van der Waals surface area contributed by atoms with E-state index in [4.69, 9.17) is 5.11 Å². The van der Waals surface area contributed by atoms with Gasteiger partial charge >= 0.3 is 0 Å². The van der Waals surface area contributed by atoms with Gasteiger partial charge in [-0.1, -0.05) is 19.8 Å². The quantitative estimate of drug-likeness (QED) is 0.594. The van der Waals surface area contributed by atoms with E-state index in [2.05, 4.69) is 6.92 Å². The van der Waals surface area contributed by atoms with Crippen LogP contribution in [0.1, 0.15) is 39.5 Å². The first-order valence-corrected chi connectivity index (χ1v) is 3.89. The van der Waals surface area contributed by atoms with Crippen LogP contribution >= 0.6 is 0 Å². The largest absolute Gasteiger partial charge is 0.386 e. The van der Waals surface area contributed by atoms with Gasteiger partial charge in [0, 0.05) is 6.42 Å². The number of hydrogen-bond donors (Lipinski definition) is 1. The maximum Gasteiger partial charge on any atom is 0.160 e. The molecule has 0 heterocycles. The van der Waals surface area contributed by atoms with E-state index < -0.39 is 6.10 Å². The fourth-order valence-electron chi connectivity index (χ4n) is 0.758. The molecule has 1 N–H and O–H groups in total. The van der Waals surface area contributed by atoms with Crippen molar-refractivity contribution in [2.45, 2.75) is 45.6 Å². The standard InChI is InChI=1S/C8H16O2/c1-3-4-5-6-8(10)7(2)9/h7,9H,3-6H2,1-2H3/t7-/m1/s1. The van der Waals surface area contributed by atoms with E-state index >= 15 is 0 Å². The molecule has 0 aromatic rings. The van der Waals surface area contributed by atoms with Crippen LogP contribution in [0.15, 0.2) is 0 Å². The zero-order chi connectivity index (χ0) is 7.98. The van der Waals surface area contributed by atoms with Crippen LogP contribution in [0, 0.1) is 0 Å². The number of rotatable bonds is 5. The fourth-order valence-corrected chi connectivity index (χ4v) is 0.758. The molecule has 2 nitrogen and oxygen atoms in total. The topological polar surface area (TPSA) is 37.3 Å². The minimum atomic E-state index is -0.767. The summed E-state index contributed by atoms with van der Waals surface area (Å²) in [6.45, 7) is 3.61. The summed E-state index contributed by atoms with van der Waals surface area (Å²) in [6, 6.07) is 0. The Morgan fingerprint density at radius 2 is 2.10 bits per heavy atom. The second-order valence-electron chi connectivity index (χ2n) is 2.60. The molecular weight excluding hydrogens is 128 g/mol. The zero-order valence-electron chi connectivity index (χ0n) is 6.76. The van der Waals surface area contributed by atoms with Gasteiger partial charge in [0.05, 0.1) is 0 Å². The van der Waals surface area contributed by atoms with Crippen LogP contribution < -0.4 is 0 Å². The molecule has 0 unspecified atom stereocenters. The Labute approximate surface area is 62.2 Å². The molecule has 0 spiro atoms. The lowest BCUT2D eigenvalue weighted by Gasteiger charge is -2.00. The highest BCUT2D eigenvalue weighted by molar-refractivity contribution is 5.82. The summed E-state index contributed by atoms with van der Waals surface area (Å²) in [6.07, 6.45) is 2.88. The second-order valence-corrected chi connectivity index (χ2v) is 2.60. The highest BCUT2D eigenvalue weighted by Crippen LogP contribution is 2.01. The molecular formula is C8H16O2. The molecule has 0 aliphatic carbocycles. The first kappa shape index (κ1) is 9.63. The van der Waals surface area contributed by atoms with Crippen molar-refractivity contribution in [3.8, 4) is 0 Å². The molecule has 0 amide bonds. The molecule has 0 bridgehead atoms. The lowest BCUT2D eigenvalue weighted by molar-refractivity contribution is -0.126. The summed E-state index contributed by atoms with van der Waals surface area (Å²) in [5.41, 5.74) is 0. The van der Waals surface area contributed by atoms with Crippen LogP contribution in [0.5, 0.6) is 0 Å².